The van der Waals surface area contributed by atoms with Crippen LogP contribution in [0.4, 0.5) is 5.82 Å². The first kappa shape index (κ1) is 10.7. The molecule has 1 rings (SSSR count). The summed E-state index contributed by atoms with van der Waals surface area (Å²) in [5.74, 6) is 1.06. The van der Waals surface area contributed by atoms with E-state index in [9.17, 15) is 0 Å². The van der Waals surface area contributed by atoms with Gasteiger partial charge in [0, 0.05) is 13.1 Å². The minimum absolute atomic E-state index is 0.234. The number of aromatic nitrogens is 1. The van der Waals surface area contributed by atoms with Crippen LogP contribution in [0.3, 0.4) is 0 Å². The zero-order chi connectivity index (χ0) is 10.4. The van der Waals surface area contributed by atoms with Gasteiger partial charge >= 0.3 is 0 Å². The summed E-state index contributed by atoms with van der Waals surface area (Å²) < 4.78 is 5.20. The maximum Gasteiger partial charge on any atom is 0.215 e. The highest BCUT2D eigenvalue weighted by atomic mass is 16.5. The molecular formula is C9H14N2O3. The first-order valence-corrected chi connectivity index (χ1v) is 4.33. The number of nitrogens with zero attached hydrogens (tertiary/aromatic N) is 1. The molecule has 5 nitrogen and oxygen atoms in total. The maximum atomic E-state index is 8.79. The Morgan fingerprint density at radius 1 is 1.43 bits per heavy atom. The fraction of sp³-hybridized carbons (Fsp3) is 0.444. The smallest absolute Gasteiger partial charge is 0.215 e. The zero-order valence-corrected chi connectivity index (χ0v) is 7.97. The Balaban J connectivity index is 2.65. The Bertz CT molecular complexity index is 277. The van der Waals surface area contributed by atoms with Crippen molar-refractivity contribution in [3.63, 3.8) is 0 Å². The molecule has 1 aromatic rings. The number of aliphatic hydroxyl groups excluding tert-OH is 2. The molecule has 0 atom stereocenters. The number of pyridine rings is 1. The lowest BCUT2D eigenvalue weighted by molar-refractivity contribution is 0.0598. The Labute approximate surface area is 82.4 Å². The molecule has 0 amide bonds. The summed E-state index contributed by atoms with van der Waals surface area (Å²) >= 11 is 0. The minimum Gasteiger partial charge on any atom is -0.469 e. The van der Waals surface area contributed by atoms with Crippen LogP contribution in [0.15, 0.2) is 18.2 Å². The maximum absolute atomic E-state index is 8.79. The Hall–Kier alpha value is -1.33. The molecule has 0 unspecified atom stereocenters. The SMILES string of the molecule is CNc1cccc(OC(CO)CO)n1. The molecule has 0 fully saturated rings. The van der Waals surface area contributed by atoms with Crippen molar-refractivity contribution in [2.75, 3.05) is 25.6 Å². The van der Waals surface area contributed by atoms with E-state index in [-0.39, 0.29) is 13.2 Å². The minimum atomic E-state index is -0.616. The standard InChI is InChI=1S/C9H14N2O3/c1-10-8-3-2-4-9(11-8)14-7(5-12)6-13/h2-4,7,12-13H,5-6H2,1H3,(H,10,11). The van der Waals surface area contributed by atoms with E-state index < -0.39 is 6.10 Å². The van der Waals surface area contributed by atoms with E-state index in [1.165, 1.54) is 0 Å². The van der Waals surface area contributed by atoms with Crippen LogP contribution < -0.4 is 10.1 Å². The van der Waals surface area contributed by atoms with Crippen molar-refractivity contribution in [2.45, 2.75) is 6.10 Å². The predicted octanol–water partition coefficient (Wildman–Crippen LogP) is -0.145. The number of rotatable bonds is 5. The molecule has 0 saturated heterocycles. The molecule has 0 aliphatic heterocycles. The van der Waals surface area contributed by atoms with Crippen LogP contribution in [0.25, 0.3) is 0 Å². The lowest BCUT2D eigenvalue weighted by Gasteiger charge is -2.13. The lowest BCUT2D eigenvalue weighted by atomic mass is 10.4. The van der Waals surface area contributed by atoms with Gasteiger partial charge in [0.1, 0.15) is 11.9 Å². The zero-order valence-electron chi connectivity index (χ0n) is 7.97. The number of hydrogen-bond donors (Lipinski definition) is 3. The van der Waals surface area contributed by atoms with E-state index >= 15 is 0 Å². The van der Waals surface area contributed by atoms with Crippen molar-refractivity contribution in [1.29, 1.82) is 0 Å². The Morgan fingerprint density at radius 2 is 2.14 bits per heavy atom. The third-order valence-corrected chi connectivity index (χ3v) is 1.67. The highest BCUT2D eigenvalue weighted by Gasteiger charge is 2.08. The van der Waals surface area contributed by atoms with Crippen molar-refractivity contribution in [3.05, 3.63) is 18.2 Å². The second-order valence-corrected chi connectivity index (χ2v) is 2.72. The summed E-state index contributed by atoms with van der Waals surface area (Å²) in [7, 11) is 1.75. The highest BCUT2D eigenvalue weighted by Crippen LogP contribution is 2.12. The third-order valence-electron chi connectivity index (χ3n) is 1.67. The van der Waals surface area contributed by atoms with Crippen molar-refractivity contribution >= 4 is 5.82 Å². The largest absolute Gasteiger partial charge is 0.469 e. The van der Waals surface area contributed by atoms with Gasteiger partial charge in [-0.25, -0.2) is 0 Å². The number of nitrogens with one attached hydrogen (secondary N) is 1. The van der Waals surface area contributed by atoms with Crippen LogP contribution in [-0.4, -0.2) is 41.6 Å². The normalized spacial score (nSPS) is 10.3. The summed E-state index contributed by atoms with van der Waals surface area (Å²) in [6.07, 6.45) is -0.616. The van der Waals surface area contributed by atoms with Gasteiger partial charge < -0.3 is 20.3 Å². The molecule has 14 heavy (non-hydrogen) atoms. The topological polar surface area (TPSA) is 74.6 Å². The van der Waals surface area contributed by atoms with Crippen molar-refractivity contribution in [1.82, 2.24) is 4.98 Å². The summed E-state index contributed by atoms with van der Waals surface area (Å²) in [5, 5.41) is 20.4. The molecule has 0 aromatic carbocycles. The summed E-state index contributed by atoms with van der Waals surface area (Å²) in [6.45, 7) is -0.468. The quantitative estimate of drug-likeness (QED) is 0.613. The summed E-state index contributed by atoms with van der Waals surface area (Å²) in [6, 6.07) is 5.24. The number of aliphatic hydroxyl groups is 2. The second-order valence-electron chi connectivity index (χ2n) is 2.72. The van der Waals surface area contributed by atoms with Gasteiger partial charge in [0.05, 0.1) is 13.2 Å². The predicted molar refractivity (Wildman–Crippen MR) is 52.4 cm³/mol. The van der Waals surface area contributed by atoms with Crippen molar-refractivity contribution < 1.29 is 14.9 Å². The average molecular weight is 198 g/mol. The van der Waals surface area contributed by atoms with Gasteiger partial charge in [-0.1, -0.05) is 6.07 Å². The molecule has 0 spiro atoms. The molecule has 0 bridgehead atoms. The van der Waals surface area contributed by atoms with Crippen LogP contribution in [0.1, 0.15) is 0 Å². The van der Waals surface area contributed by atoms with Crippen LogP contribution >= 0.6 is 0 Å². The van der Waals surface area contributed by atoms with Gasteiger partial charge in [-0.15, -0.1) is 0 Å². The van der Waals surface area contributed by atoms with Gasteiger partial charge in [0.15, 0.2) is 0 Å². The summed E-state index contributed by atoms with van der Waals surface area (Å²) in [5.41, 5.74) is 0. The van der Waals surface area contributed by atoms with E-state index in [1.54, 1.807) is 25.2 Å². The first-order chi connectivity index (χ1) is 6.80. The van der Waals surface area contributed by atoms with E-state index in [0.717, 1.165) is 0 Å². The first-order valence-electron chi connectivity index (χ1n) is 4.33. The molecule has 1 heterocycles. The highest BCUT2D eigenvalue weighted by molar-refractivity contribution is 5.36. The van der Waals surface area contributed by atoms with Crippen LogP contribution in [0.2, 0.25) is 0 Å². The van der Waals surface area contributed by atoms with Gasteiger partial charge in [0.2, 0.25) is 5.88 Å². The van der Waals surface area contributed by atoms with Gasteiger partial charge in [-0.2, -0.15) is 4.98 Å². The fourth-order valence-corrected chi connectivity index (χ4v) is 0.923. The van der Waals surface area contributed by atoms with Crippen LogP contribution in [0.5, 0.6) is 5.88 Å². The molecule has 5 heteroatoms. The van der Waals surface area contributed by atoms with Crippen molar-refractivity contribution in [2.24, 2.45) is 0 Å². The Kier molecular flexibility index (Phi) is 4.15. The average Bonchev–Trinajstić information content (AvgIpc) is 2.26. The van der Waals surface area contributed by atoms with Gasteiger partial charge in [-0.3, -0.25) is 0 Å². The van der Waals surface area contributed by atoms with Gasteiger partial charge in [-0.05, 0) is 6.07 Å². The number of hydrogen-bond acceptors (Lipinski definition) is 5. The van der Waals surface area contributed by atoms with E-state index in [0.29, 0.717) is 11.7 Å². The Morgan fingerprint density at radius 3 is 2.71 bits per heavy atom. The molecule has 0 radical (unpaired) electrons. The second kappa shape index (κ2) is 5.41. The molecular weight excluding hydrogens is 184 g/mol. The number of ether oxygens (including phenoxy) is 1. The van der Waals surface area contributed by atoms with Crippen LogP contribution in [-0.2, 0) is 0 Å². The van der Waals surface area contributed by atoms with Crippen molar-refractivity contribution in [3.8, 4) is 5.88 Å². The number of anilines is 1. The summed E-state index contributed by atoms with van der Waals surface area (Å²) in [4.78, 5) is 4.07. The molecule has 78 valence electrons. The molecule has 0 aliphatic rings. The molecule has 3 N–H and O–H groups in total. The van der Waals surface area contributed by atoms with E-state index in [1.807, 2.05) is 0 Å². The lowest BCUT2D eigenvalue weighted by Crippen LogP contribution is -2.25. The fourth-order valence-electron chi connectivity index (χ4n) is 0.923. The van der Waals surface area contributed by atoms with Gasteiger partial charge in [0.25, 0.3) is 0 Å². The molecule has 1 aromatic heterocycles. The third kappa shape index (κ3) is 2.86. The van der Waals surface area contributed by atoms with E-state index in [2.05, 4.69) is 10.3 Å². The monoisotopic (exact) mass is 198 g/mol. The molecule has 0 saturated carbocycles. The van der Waals surface area contributed by atoms with E-state index in [4.69, 9.17) is 14.9 Å². The molecule has 0 aliphatic carbocycles. The van der Waals surface area contributed by atoms with Crippen LogP contribution in [0, 0.1) is 0 Å².